The lowest BCUT2D eigenvalue weighted by Crippen LogP contribution is -1.97. The Morgan fingerprint density at radius 1 is 0.931 bits per heavy atom. The first-order valence-electron chi connectivity index (χ1n) is 9.62. The van der Waals surface area contributed by atoms with E-state index in [1.807, 2.05) is 13.0 Å². The molecule has 0 amide bonds. The number of rotatable bonds is 8. The minimum absolute atomic E-state index is 0.0159. The lowest BCUT2D eigenvalue weighted by Gasteiger charge is -2.08. The first kappa shape index (κ1) is 22.0. The number of aromatic hydroxyl groups is 3. The van der Waals surface area contributed by atoms with E-state index in [4.69, 9.17) is 0 Å². The molecule has 0 aliphatic carbocycles. The topological polar surface area (TPSA) is 77.8 Å². The van der Waals surface area contributed by atoms with E-state index in [-0.39, 0.29) is 17.1 Å². The van der Waals surface area contributed by atoms with Gasteiger partial charge in [-0.05, 0) is 64.3 Å². The normalized spacial score (nSPS) is 11.6. The molecule has 2 aromatic carbocycles. The fourth-order valence-electron chi connectivity index (χ4n) is 2.84. The summed E-state index contributed by atoms with van der Waals surface area (Å²) >= 11 is 0. The zero-order chi connectivity index (χ0) is 21.4. The molecule has 0 saturated heterocycles. The third-order valence-electron chi connectivity index (χ3n) is 4.61. The number of carbonyl (C=O) groups is 1. The average molecular weight is 392 g/mol. The van der Waals surface area contributed by atoms with Crippen molar-refractivity contribution in [3.8, 4) is 17.2 Å². The maximum atomic E-state index is 12.4. The second-order valence-corrected chi connectivity index (χ2v) is 7.30. The highest BCUT2D eigenvalue weighted by molar-refractivity contribution is 6.09. The predicted octanol–water partition coefficient (Wildman–Crippen LogP) is 5.93. The molecule has 2 rings (SSSR count). The second-order valence-electron chi connectivity index (χ2n) is 7.30. The molecule has 0 aliphatic rings. The molecular formula is C25H28O4. The molecule has 0 heterocycles. The lowest BCUT2D eigenvalue weighted by atomic mass is 10.0. The summed E-state index contributed by atoms with van der Waals surface area (Å²) in [5.74, 6) is -1.10. The molecule has 0 saturated carbocycles. The Labute approximate surface area is 172 Å². The van der Waals surface area contributed by atoms with Crippen molar-refractivity contribution in [1.82, 2.24) is 0 Å². The highest BCUT2D eigenvalue weighted by atomic mass is 16.3. The molecular weight excluding hydrogens is 364 g/mol. The summed E-state index contributed by atoms with van der Waals surface area (Å²) in [6, 6.07) is 9.79. The molecule has 0 aliphatic heterocycles. The van der Waals surface area contributed by atoms with Crippen LogP contribution in [-0.2, 0) is 6.42 Å². The summed E-state index contributed by atoms with van der Waals surface area (Å²) in [4.78, 5) is 12.4. The molecule has 3 N–H and O–H groups in total. The number of hydrogen-bond donors (Lipinski definition) is 3. The van der Waals surface area contributed by atoms with Crippen molar-refractivity contribution in [3.05, 3.63) is 82.5 Å². The number of benzene rings is 2. The van der Waals surface area contributed by atoms with E-state index in [1.54, 1.807) is 24.3 Å². The van der Waals surface area contributed by atoms with Gasteiger partial charge >= 0.3 is 0 Å². The van der Waals surface area contributed by atoms with Gasteiger partial charge < -0.3 is 15.3 Å². The smallest absolute Gasteiger partial charge is 0.189 e. The van der Waals surface area contributed by atoms with Crippen molar-refractivity contribution >= 4 is 11.9 Å². The van der Waals surface area contributed by atoms with Gasteiger partial charge in [-0.3, -0.25) is 4.79 Å². The fourth-order valence-corrected chi connectivity index (χ4v) is 2.84. The predicted molar refractivity (Wildman–Crippen MR) is 117 cm³/mol. The van der Waals surface area contributed by atoms with E-state index in [0.29, 0.717) is 17.5 Å². The highest BCUT2D eigenvalue weighted by Crippen LogP contribution is 2.34. The lowest BCUT2D eigenvalue weighted by molar-refractivity contribution is 0.104. The van der Waals surface area contributed by atoms with E-state index < -0.39 is 11.5 Å². The van der Waals surface area contributed by atoms with Gasteiger partial charge in [0.25, 0.3) is 0 Å². The number of hydrogen-bond acceptors (Lipinski definition) is 4. The molecule has 4 heteroatoms. The van der Waals surface area contributed by atoms with Gasteiger partial charge in [0, 0.05) is 11.1 Å². The third-order valence-corrected chi connectivity index (χ3v) is 4.61. The quantitative estimate of drug-likeness (QED) is 0.225. The summed E-state index contributed by atoms with van der Waals surface area (Å²) < 4.78 is 0. The molecule has 0 spiro atoms. The van der Waals surface area contributed by atoms with Crippen molar-refractivity contribution in [1.29, 1.82) is 0 Å². The Hall–Kier alpha value is -3.27. The van der Waals surface area contributed by atoms with Crippen molar-refractivity contribution in [3.63, 3.8) is 0 Å². The molecule has 4 nitrogen and oxygen atoms in total. The Morgan fingerprint density at radius 3 is 2.34 bits per heavy atom. The summed E-state index contributed by atoms with van der Waals surface area (Å²) in [6.07, 6.45) is 9.32. The minimum atomic E-state index is -0.457. The van der Waals surface area contributed by atoms with E-state index >= 15 is 0 Å². The monoisotopic (exact) mass is 392 g/mol. The van der Waals surface area contributed by atoms with Gasteiger partial charge in [-0.2, -0.15) is 0 Å². The standard InChI is InChI=1S/C25H28O4/c1-17(2)7-6-8-18(3)11-12-20-13-15-21(25(29)24(20)28)23(27)16-14-19-9-4-5-10-22(19)26/h4-5,7,9-11,13-16,26,28-29H,6,8,12H2,1-3H3/b16-14?,18-11+. The number of phenols is 3. The number of carbonyl (C=O) groups excluding carboxylic acids is 1. The maximum absolute atomic E-state index is 12.4. The van der Waals surface area contributed by atoms with Crippen LogP contribution in [0.3, 0.4) is 0 Å². The largest absolute Gasteiger partial charge is 0.507 e. The Balaban J connectivity index is 2.11. The van der Waals surface area contributed by atoms with Crippen LogP contribution in [0.1, 0.15) is 55.1 Å². The van der Waals surface area contributed by atoms with E-state index in [0.717, 1.165) is 12.8 Å². The van der Waals surface area contributed by atoms with Crippen LogP contribution in [0.4, 0.5) is 0 Å². The van der Waals surface area contributed by atoms with Gasteiger partial charge in [-0.15, -0.1) is 0 Å². The Morgan fingerprint density at radius 2 is 1.66 bits per heavy atom. The van der Waals surface area contributed by atoms with Crippen LogP contribution in [0.25, 0.3) is 6.08 Å². The Kier molecular flexibility index (Phi) is 7.84. The number of ketones is 1. The Bertz CT molecular complexity index is 961. The maximum Gasteiger partial charge on any atom is 0.189 e. The number of allylic oxidation sites excluding steroid dienone is 5. The summed E-state index contributed by atoms with van der Waals surface area (Å²) in [5.41, 5.74) is 3.56. The highest BCUT2D eigenvalue weighted by Gasteiger charge is 2.15. The van der Waals surface area contributed by atoms with Gasteiger partial charge in [0.2, 0.25) is 0 Å². The van der Waals surface area contributed by atoms with E-state index in [1.165, 1.54) is 35.4 Å². The summed E-state index contributed by atoms with van der Waals surface area (Å²) in [6.45, 7) is 6.18. The van der Waals surface area contributed by atoms with Gasteiger partial charge in [-0.1, -0.05) is 47.6 Å². The van der Waals surface area contributed by atoms with Crippen molar-refractivity contribution in [2.45, 2.75) is 40.0 Å². The summed E-state index contributed by atoms with van der Waals surface area (Å²) in [7, 11) is 0. The van der Waals surface area contributed by atoms with Crippen LogP contribution in [-0.4, -0.2) is 21.1 Å². The van der Waals surface area contributed by atoms with Crippen LogP contribution in [0.5, 0.6) is 17.2 Å². The molecule has 0 radical (unpaired) electrons. The summed E-state index contributed by atoms with van der Waals surface area (Å²) in [5, 5.41) is 30.4. The molecule has 0 fully saturated rings. The SMILES string of the molecule is CC(C)=CCC/C(C)=C/Cc1ccc(C(=O)C=Cc2ccccc2O)c(O)c1O. The average Bonchev–Trinajstić information content (AvgIpc) is 2.68. The molecule has 0 atom stereocenters. The van der Waals surface area contributed by atoms with Gasteiger partial charge in [-0.25, -0.2) is 0 Å². The van der Waals surface area contributed by atoms with Gasteiger partial charge in [0.15, 0.2) is 17.3 Å². The molecule has 152 valence electrons. The molecule has 0 bridgehead atoms. The van der Waals surface area contributed by atoms with E-state index in [2.05, 4.69) is 19.9 Å². The number of phenolic OH excluding ortho intramolecular Hbond substituents is 3. The van der Waals surface area contributed by atoms with Crippen molar-refractivity contribution in [2.24, 2.45) is 0 Å². The third kappa shape index (κ3) is 6.39. The van der Waals surface area contributed by atoms with Gasteiger partial charge in [0.05, 0.1) is 5.56 Å². The van der Waals surface area contributed by atoms with E-state index in [9.17, 15) is 20.1 Å². The second kappa shape index (κ2) is 10.3. The van der Waals surface area contributed by atoms with Crippen LogP contribution in [0.15, 0.2) is 65.8 Å². The first-order valence-corrected chi connectivity index (χ1v) is 9.62. The van der Waals surface area contributed by atoms with Crippen LogP contribution >= 0.6 is 0 Å². The van der Waals surface area contributed by atoms with Crippen LogP contribution < -0.4 is 0 Å². The first-order chi connectivity index (χ1) is 13.8. The van der Waals surface area contributed by atoms with Crippen molar-refractivity contribution in [2.75, 3.05) is 0 Å². The number of para-hydroxylation sites is 1. The van der Waals surface area contributed by atoms with Crippen LogP contribution in [0.2, 0.25) is 0 Å². The molecule has 29 heavy (non-hydrogen) atoms. The fraction of sp³-hybridized carbons (Fsp3) is 0.240. The van der Waals surface area contributed by atoms with Crippen molar-refractivity contribution < 1.29 is 20.1 Å². The van der Waals surface area contributed by atoms with Gasteiger partial charge in [0.1, 0.15) is 5.75 Å². The molecule has 0 unspecified atom stereocenters. The molecule has 2 aromatic rings. The zero-order valence-corrected chi connectivity index (χ0v) is 17.1. The zero-order valence-electron chi connectivity index (χ0n) is 17.1. The molecule has 0 aromatic heterocycles. The van der Waals surface area contributed by atoms with Crippen LogP contribution in [0, 0.1) is 0 Å². The minimum Gasteiger partial charge on any atom is -0.507 e.